The lowest BCUT2D eigenvalue weighted by Crippen LogP contribution is -2.39. The number of aromatic nitrogens is 3. The van der Waals surface area contributed by atoms with E-state index in [1.807, 2.05) is 19.9 Å². The zero-order valence-corrected chi connectivity index (χ0v) is 25.2. The van der Waals surface area contributed by atoms with Gasteiger partial charge in [-0.05, 0) is 63.0 Å². The summed E-state index contributed by atoms with van der Waals surface area (Å²) in [5.41, 5.74) is 8.22. The van der Waals surface area contributed by atoms with Crippen LogP contribution in [0.4, 0.5) is 17.6 Å². The van der Waals surface area contributed by atoms with Gasteiger partial charge in [-0.15, -0.1) is 0 Å². The summed E-state index contributed by atoms with van der Waals surface area (Å²) in [7, 11) is 0. The number of nitrogens with zero attached hydrogens (tertiary/aromatic N) is 4. The van der Waals surface area contributed by atoms with Gasteiger partial charge in [0.1, 0.15) is 12.1 Å². The van der Waals surface area contributed by atoms with Gasteiger partial charge in [0.15, 0.2) is 0 Å². The number of rotatable bonds is 14. The highest BCUT2D eigenvalue weighted by Crippen LogP contribution is 2.32. The molecule has 0 saturated carbocycles. The first-order valence-electron chi connectivity index (χ1n) is 13.9. The number of anilines is 3. The van der Waals surface area contributed by atoms with Crippen molar-refractivity contribution in [3.63, 3.8) is 0 Å². The molecule has 0 bridgehead atoms. The Labute approximate surface area is 255 Å². The number of nitrogens with one attached hydrogen (secondary N) is 3. The lowest BCUT2D eigenvalue weighted by molar-refractivity contribution is -0.120. The van der Waals surface area contributed by atoms with Crippen molar-refractivity contribution in [2.24, 2.45) is 21.9 Å². The fourth-order valence-electron chi connectivity index (χ4n) is 4.98. The Morgan fingerprint density at radius 3 is 2.59 bits per heavy atom. The molecule has 7 N–H and O–H groups in total. The van der Waals surface area contributed by atoms with Crippen molar-refractivity contribution in [1.29, 1.82) is 0 Å². The molecule has 13 nitrogen and oxygen atoms in total. The van der Waals surface area contributed by atoms with E-state index in [1.165, 1.54) is 12.1 Å². The third kappa shape index (κ3) is 8.22. The third-order valence-electron chi connectivity index (χ3n) is 7.00. The zero-order valence-electron chi connectivity index (χ0n) is 25.2. The van der Waals surface area contributed by atoms with E-state index in [0.717, 1.165) is 11.1 Å². The lowest BCUT2D eigenvalue weighted by atomic mass is 9.83. The number of carbonyl (C=O) groups excluding carboxylic acids is 1. The van der Waals surface area contributed by atoms with Crippen LogP contribution in [0.25, 0.3) is 0 Å². The Morgan fingerprint density at radius 1 is 1.27 bits per heavy atom. The Balaban J connectivity index is 1.97. The smallest absolute Gasteiger partial charge is 0.351 e. The van der Waals surface area contributed by atoms with Crippen LogP contribution < -0.4 is 22.1 Å². The molecule has 0 radical (unpaired) electrons. The van der Waals surface area contributed by atoms with Crippen molar-refractivity contribution < 1.29 is 19.8 Å². The van der Waals surface area contributed by atoms with Gasteiger partial charge in [-0.25, -0.2) is 9.59 Å². The molecule has 1 aliphatic rings. The summed E-state index contributed by atoms with van der Waals surface area (Å²) in [4.78, 5) is 46.8. The second-order valence-corrected chi connectivity index (χ2v) is 10.5. The molecule has 1 aromatic heterocycles. The standard InChI is InChI=1S/C31H38N8O5/c1-7-11-22(19(8-2)27(32)41)38-39-25(16(3)4)26(40)24-18(6)14-17(5)15-23(24)34-30-35-29(36-31(44)37-30)33-21-13-10-9-12-20(21)28(42)43/h7,9-14,19,23,25-26,40H,1,3,8,15H2,2,4-6H3,(H2,32,41)(H,42,43)(H3,33,34,35,36,37,44)/b22-11+,39-38?. The predicted molar refractivity (Wildman–Crippen MR) is 169 cm³/mol. The van der Waals surface area contributed by atoms with Crippen molar-refractivity contribution in [1.82, 2.24) is 15.0 Å². The number of carboxylic acids is 1. The number of allylic oxidation sites excluding steroid dienone is 4. The first-order valence-corrected chi connectivity index (χ1v) is 13.9. The van der Waals surface area contributed by atoms with Crippen LogP contribution >= 0.6 is 0 Å². The normalized spacial score (nSPS) is 17.4. The van der Waals surface area contributed by atoms with E-state index in [9.17, 15) is 24.6 Å². The number of amides is 1. The maximum Gasteiger partial charge on any atom is 0.351 e. The number of azo groups is 1. The molecule has 2 aromatic rings. The van der Waals surface area contributed by atoms with Crippen LogP contribution in [0.2, 0.25) is 0 Å². The number of H-pyrrole nitrogens is 1. The Kier molecular flexibility index (Phi) is 11.2. The summed E-state index contributed by atoms with van der Waals surface area (Å²) in [5, 5.41) is 35.9. The highest BCUT2D eigenvalue weighted by Gasteiger charge is 2.33. The topological polar surface area (TPSA) is 208 Å². The Hall–Kier alpha value is -5.17. The van der Waals surface area contributed by atoms with Gasteiger partial charge in [-0.1, -0.05) is 55.5 Å². The summed E-state index contributed by atoms with van der Waals surface area (Å²) in [6.07, 6.45) is 4.64. The predicted octanol–water partition coefficient (Wildman–Crippen LogP) is 4.39. The number of nitrogens with two attached hydrogens (primary N) is 1. The van der Waals surface area contributed by atoms with Crippen LogP contribution in [0.15, 0.2) is 98.7 Å². The Morgan fingerprint density at radius 2 is 1.98 bits per heavy atom. The molecule has 4 atom stereocenters. The molecule has 0 saturated heterocycles. The highest BCUT2D eigenvalue weighted by atomic mass is 16.4. The average Bonchev–Trinajstić information content (AvgIpc) is 2.92. The number of aromatic carboxylic acids is 1. The third-order valence-corrected chi connectivity index (χ3v) is 7.00. The van der Waals surface area contributed by atoms with E-state index in [4.69, 9.17) is 5.73 Å². The molecule has 232 valence electrons. The molecule has 4 unspecified atom stereocenters. The molecule has 1 aliphatic carbocycles. The number of aliphatic hydroxyl groups excluding tert-OH is 1. The molecule has 0 aliphatic heterocycles. The molecule has 1 heterocycles. The molecule has 0 fully saturated rings. The number of primary amides is 1. The summed E-state index contributed by atoms with van der Waals surface area (Å²) >= 11 is 0. The maximum absolute atomic E-state index is 12.5. The van der Waals surface area contributed by atoms with Crippen LogP contribution in [0.5, 0.6) is 0 Å². The van der Waals surface area contributed by atoms with E-state index in [0.29, 0.717) is 29.7 Å². The largest absolute Gasteiger partial charge is 0.478 e. The fourth-order valence-corrected chi connectivity index (χ4v) is 4.98. The van der Waals surface area contributed by atoms with Crippen LogP contribution in [-0.4, -0.2) is 55.2 Å². The minimum Gasteiger partial charge on any atom is -0.478 e. The molecule has 1 aromatic carbocycles. The van der Waals surface area contributed by atoms with Gasteiger partial charge in [0.25, 0.3) is 0 Å². The quantitative estimate of drug-likeness (QED) is 0.103. The number of para-hydroxylation sites is 1. The van der Waals surface area contributed by atoms with Crippen molar-refractivity contribution in [3.8, 4) is 0 Å². The monoisotopic (exact) mass is 602 g/mol. The second-order valence-electron chi connectivity index (χ2n) is 10.5. The zero-order chi connectivity index (χ0) is 32.6. The number of carboxylic acid groups (broad SMARTS) is 1. The first kappa shape index (κ1) is 33.3. The molecular weight excluding hydrogens is 564 g/mol. The molecule has 13 heteroatoms. The van der Waals surface area contributed by atoms with Gasteiger partial charge in [-0.2, -0.15) is 20.2 Å². The van der Waals surface area contributed by atoms with Crippen molar-refractivity contribution in [3.05, 3.63) is 99.7 Å². The van der Waals surface area contributed by atoms with Crippen LogP contribution in [0, 0.1) is 5.92 Å². The fraction of sp³-hybridized carbons (Fsp3) is 0.323. The summed E-state index contributed by atoms with van der Waals surface area (Å²) in [6, 6.07) is 4.75. The number of hydrogen-bond donors (Lipinski definition) is 6. The number of hydrogen-bond acceptors (Lipinski definition) is 10. The van der Waals surface area contributed by atoms with E-state index < -0.39 is 41.7 Å². The van der Waals surface area contributed by atoms with Gasteiger partial charge in [-0.3, -0.25) is 9.78 Å². The van der Waals surface area contributed by atoms with E-state index in [-0.39, 0.29) is 23.1 Å². The van der Waals surface area contributed by atoms with Gasteiger partial charge in [0.2, 0.25) is 17.8 Å². The second kappa shape index (κ2) is 14.8. The minimum absolute atomic E-state index is 0.00865. The van der Waals surface area contributed by atoms with Crippen LogP contribution in [0.3, 0.4) is 0 Å². The van der Waals surface area contributed by atoms with Gasteiger partial charge >= 0.3 is 11.7 Å². The lowest BCUT2D eigenvalue weighted by Gasteiger charge is -2.32. The van der Waals surface area contributed by atoms with E-state index >= 15 is 0 Å². The van der Waals surface area contributed by atoms with Crippen molar-refractivity contribution >= 4 is 29.5 Å². The molecule has 44 heavy (non-hydrogen) atoms. The number of carbonyl (C=O) groups is 2. The first-order chi connectivity index (χ1) is 20.9. The SMILES string of the molecule is C=C/C=C(/N=NC(C(=C)C)C(O)C1=C(C)C=C(C)CC1Nc1nc(Nc2ccccc2C(=O)O)[nH]c(=O)n1)C(CC)C(N)=O. The van der Waals surface area contributed by atoms with Gasteiger partial charge in [0, 0.05) is 0 Å². The van der Waals surface area contributed by atoms with Crippen molar-refractivity contribution in [2.75, 3.05) is 10.6 Å². The molecule has 0 spiro atoms. The summed E-state index contributed by atoms with van der Waals surface area (Å²) in [5.74, 6) is -2.46. The number of aromatic amines is 1. The number of benzene rings is 1. The van der Waals surface area contributed by atoms with Gasteiger partial charge in [0.05, 0.1) is 28.9 Å². The maximum atomic E-state index is 12.5. The van der Waals surface area contributed by atoms with E-state index in [2.05, 4.69) is 49.0 Å². The van der Waals surface area contributed by atoms with Gasteiger partial charge < -0.3 is 26.6 Å². The summed E-state index contributed by atoms with van der Waals surface area (Å²) in [6.45, 7) is 15.0. The van der Waals surface area contributed by atoms with Crippen molar-refractivity contribution in [2.45, 2.75) is 58.7 Å². The number of aliphatic hydroxyl groups is 1. The Bertz CT molecular complexity index is 1620. The summed E-state index contributed by atoms with van der Waals surface area (Å²) < 4.78 is 0. The molecular formula is C31H38N8O5. The average molecular weight is 603 g/mol. The van der Waals surface area contributed by atoms with E-state index in [1.54, 1.807) is 38.1 Å². The molecule has 3 rings (SSSR count). The minimum atomic E-state index is -1.20. The molecule has 1 amide bonds. The van der Waals surface area contributed by atoms with Crippen LogP contribution in [0.1, 0.15) is 50.9 Å². The van der Waals surface area contributed by atoms with Crippen LogP contribution in [-0.2, 0) is 4.79 Å². The highest BCUT2D eigenvalue weighted by molar-refractivity contribution is 5.94.